The van der Waals surface area contributed by atoms with Gasteiger partial charge in [0.05, 0.1) is 12.1 Å². The molecule has 1 fully saturated rings. The Morgan fingerprint density at radius 2 is 2.10 bits per heavy atom. The Morgan fingerprint density at radius 3 is 2.75 bits per heavy atom. The highest BCUT2D eigenvalue weighted by atomic mass is 35.5. The number of aliphatic hydroxyl groups excluding tert-OH is 1. The predicted octanol–water partition coefficient (Wildman–Crippen LogP) is 2.43. The van der Waals surface area contributed by atoms with Gasteiger partial charge in [0.2, 0.25) is 5.91 Å². The first-order valence-corrected chi connectivity index (χ1v) is 7.35. The van der Waals surface area contributed by atoms with E-state index in [1.165, 1.54) is 0 Å². The Hall–Kier alpha value is -1.10. The summed E-state index contributed by atoms with van der Waals surface area (Å²) < 4.78 is 0. The largest absolute Gasteiger partial charge is 0.393 e. The highest BCUT2D eigenvalue weighted by molar-refractivity contribution is 6.31. The van der Waals surface area contributed by atoms with Gasteiger partial charge in [-0.1, -0.05) is 17.7 Å². The highest BCUT2D eigenvalue weighted by Crippen LogP contribution is 2.23. The van der Waals surface area contributed by atoms with Gasteiger partial charge in [-0.15, -0.1) is 0 Å². The Balaban J connectivity index is 1.99. The molecular formula is C15H21ClN2O2. The van der Waals surface area contributed by atoms with E-state index in [1.54, 1.807) is 0 Å². The number of hydrogen-bond acceptors (Lipinski definition) is 3. The fourth-order valence-electron chi connectivity index (χ4n) is 2.42. The molecule has 0 saturated carbocycles. The molecule has 1 aromatic carbocycles. The molecule has 20 heavy (non-hydrogen) atoms. The number of nitrogens with one attached hydrogen (secondary N) is 1. The summed E-state index contributed by atoms with van der Waals surface area (Å²) in [5.41, 5.74) is 1.63. The van der Waals surface area contributed by atoms with Gasteiger partial charge in [0.15, 0.2) is 0 Å². The number of hydrogen-bond donors (Lipinski definition) is 2. The van der Waals surface area contributed by atoms with Crippen LogP contribution in [-0.2, 0) is 4.79 Å². The van der Waals surface area contributed by atoms with Crippen LogP contribution in [0.2, 0.25) is 5.02 Å². The van der Waals surface area contributed by atoms with Gasteiger partial charge in [0, 0.05) is 23.8 Å². The van der Waals surface area contributed by atoms with Crippen molar-refractivity contribution in [2.75, 3.05) is 18.4 Å². The summed E-state index contributed by atoms with van der Waals surface area (Å²) in [7, 11) is 0. The third-order valence-electron chi connectivity index (χ3n) is 3.95. The molecule has 0 aromatic heterocycles. The summed E-state index contributed by atoms with van der Waals surface area (Å²) in [5.74, 6) is -0.0354. The summed E-state index contributed by atoms with van der Waals surface area (Å²) in [6.07, 6.45) is 1.23. The monoisotopic (exact) mass is 296 g/mol. The van der Waals surface area contributed by atoms with Crippen LogP contribution in [0.15, 0.2) is 18.2 Å². The molecule has 1 aliphatic rings. The molecule has 1 atom stereocenters. The quantitative estimate of drug-likeness (QED) is 0.901. The Labute approximate surface area is 124 Å². The molecule has 110 valence electrons. The maximum Gasteiger partial charge on any atom is 0.241 e. The van der Waals surface area contributed by atoms with Gasteiger partial charge < -0.3 is 10.4 Å². The second kappa shape index (κ2) is 6.57. The van der Waals surface area contributed by atoms with E-state index in [0.717, 1.165) is 37.2 Å². The van der Waals surface area contributed by atoms with Crippen molar-refractivity contribution in [2.45, 2.75) is 38.8 Å². The van der Waals surface area contributed by atoms with Crippen molar-refractivity contribution < 1.29 is 9.90 Å². The van der Waals surface area contributed by atoms with Crippen molar-refractivity contribution in [1.29, 1.82) is 0 Å². The second-order valence-electron chi connectivity index (χ2n) is 5.34. The maximum absolute atomic E-state index is 12.3. The van der Waals surface area contributed by atoms with E-state index >= 15 is 0 Å². The smallest absolute Gasteiger partial charge is 0.241 e. The van der Waals surface area contributed by atoms with Crippen LogP contribution < -0.4 is 5.32 Å². The van der Waals surface area contributed by atoms with Crippen molar-refractivity contribution in [3.8, 4) is 0 Å². The average Bonchev–Trinajstić information content (AvgIpc) is 2.44. The number of benzene rings is 1. The lowest BCUT2D eigenvalue weighted by Crippen LogP contribution is -2.47. The number of rotatable bonds is 3. The van der Waals surface area contributed by atoms with Crippen LogP contribution in [0.5, 0.6) is 0 Å². The van der Waals surface area contributed by atoms with E-state index in [2.05, 4.69) is 10.2 Å². The standard InChI is InChI=1S/C15H21ClN2O2/c1-10-13(16)4-3-5-14(10)17-15(20)11(2)18-8-6-12(19)7-9-18/h3-5,11-12,19H,6-9H2,1-2H3,(H,17,20). The maximum atomic E-state index is 12.3. The minimum Gasteiger partial charge on any atom is -0.393 e. The number of halogens is 1. The number of piperidine rings is 1. The summed E-state index contributed by atoms with van der Waals surface area (Å²) in [6, 6.07) is 5.28. The number of likely N-dealkylation sites (tertiary alicyclic amines) is 1. The fourth-order valence-corrected chi connectivity index (χ4v) is 2.59. The van der Waals surface area contributed by atoms with E-state index < -0.39 is 0 Å². The molecule has 1 unspecified atom stereocenters. The van der Waals surface area contributed by atoms with Gasteiger partial charge in [-0.25, -0.2) is 0 Å². The van der Waals surface area contributed by atoms with Crippen LogP contribution in [0.25, 0.3) is 0 Å². The Morgan fingerprint density at radius 1 is 1.45 bits per heavy atom. The van der Waals surface area contributed by atoms with E-state index in [9.17, 15) is 9.90 Å². The highest BCUT2D eigenvalue weighted by Gasteiger charge is 2.25. The third kappa shape index (κ3) is 3.51. The number of carbonyl (C=O) groups is 1. The summed E-state index contributed by atoms with van der Waals surface area (Å²) in [6.45, 7) is 5.29. The van der Waals surface area contributed by atoms with E-state index in [1.807, 2.05) is 32.0 Å². The minimum absolute atomic E-state index is 0.0354. The zero-order valence-corrected chi connectivity index (χ0v) is 12.7. The molecule has 0 spiro atoms. The molecule has 1 saturated heterocycles. The summed E-state index contributed by atoms with van der Waals surface area (Å²) in [4.78, 5) is 14.4. The van der Waals surface area contributed by atoms with Crippen LogP contribution >= 0.6 is 11.6 Å². The fraction of sp³-hybridized carbons (Fsp3) is 0.533. The Kier molecular flexibility index (Phi) is 5.02. The molecule has 1 amide bonds. The summed E-state index contributed by atoms with van der Waals surface area (Å²) in [5, 5.41) is 13.1. The van der Waals surface area contributed by atoms with Gasteiger partial charge in [-0.2, -0.15) is 0 Å². The normalized spacial score (nSPS) is 18.8. The van der Waals surface area contributed by atoms with Crippen LogP contribution in [0, 0.1) is 6.92 Å². The molecule has 0 radical (unpaired) electrons. The molecule has 4 nitrogen and oxygen atoms in total. The molecule has 2 N–H and O–H groups in total. The van der Waals surface area contributed by atoms with Crippen LogP contribution in [-0.4, -0.2) is 41.1 Å². The van der Waals surface area contributed by atoms with Gasteiger partial charge in [0.25, 0.3) is 0 Å². The van der Waals surface area contributed by atoms with Crippen LogP contribution in [0.1, 0.15) is 25.3 Å². The molecular weight excluding hydrogens is 276 g/mol. The molecule has 1 aliphatic heterocycles. The van der Waals surface area contributed by atoms with Gasteiger partial charge in [-0.3, -0.25) is 9.69 Å². The second-order valence-corrected chi connectivity index (χ2v) is 5.75. The number of nitrogens with zero attached hydrogens (tertiary/aromatic N) is 1. The van der Waals surface area contributed by atoms with Crippen molar-refractivity contribution >= 4 is 23.2 Å². The SMILES string of the molecule is Cc1c(Cl)cccc1NC(=O)C(C)N1CCC(O)CC1. The van der Waals surface area contributed by atoms with E-state index in [0.29, 0.717) is 5.02 Å². The first-order valence-electron chi connectivity index (χ1n) is 6.97. The number of aliphatic hydroxyl groups is 1. The zero-order chi connectivity index (χ0) is 14.7. The lowest BCUT2D eigenvalue weighted by atomic mass is 10.1. The summed E-state index contributed by atoms with van der Waals surface area (Å²) >= 11 is 6.05. The number of anilines is 1. The molecule has 5 heteroatoms. The third-order valence-corrected chi connectivity index (χ3v) is 4.36. The van der Waals surface area contributed by atoms with Crippen molar-refractivity contribution in [3.05, 3.63) is 28.8 Å². The lowest BCUT2D eigenvalue weighted by molar-refractivity contribution is -0.121. The van der Waals surface area contributed by atoms with Gasteiger partial charge in [0.1, 0.15) is 0 Å². The van der Waals surface area contributed by atoms with Crippen LogP contribution in [0.3, 0.4) is 0 Å². The Bertz CT molecular complexity index is 485. The topological polar surface area (TPSA) is 52.6 Å². The van der Waals surface area contributed by atoms with Gasteiger partial charge >= 0.3 is 0 Å². The van der Waals surface area contributed by atoms with Crippen molar-refractivity contribution in [1.82, 2.24) is 4.90 Å². The first kappa shape index (κ1) is 15.3. The first-order chi connectivity index (χ1) is 9.49. The lowest BCUT2D eigenvalue weighted by Gasteiger charge is -2.33. The van der Waals surface area contributed by atoms with E-state index in [-0.39, 0.29) is 18.1 Å². The molecule has 1 aromatic rings. The molecule has 2 rings (SSSR count). The van der Waals surface area contributed by atoms with Gasteiger partial charge in [-0.05, 0) is 44.4 Å². The predicted molar refractivity (Wildman–Crippen MR) is 81.1 cm³/mol. The van der Waals surface area contributed by atoms with Crippen LogP contribution in [0.4, 0.5) is 5.69 Å². The molecule has 0 aliphatic carbocycles. The molecule has 0 bridgehead atoms. The average molecular weight is 297 g/mol. The minimum atomic E-state index is -0.225. The van der Waals surface area contributed by atoms with Crippen molar-refractivity contribution in [2.24, 2.45) is 0 Å². The van der Waals surface area contributed by atoms with E-state index in [4.69, 9.17) is 11.6 Å². The zero-order valence-electron chi connectivity index (χ0n) is 11.9. The molecule has 1 heterocycles. The number of amides is 1. The van der Waals surface area contributed by atoms with Crippen molar-refractivity contribution in [3.63, 3.8) is 0 Å². The number of carbonyl (C=O) groups excluding carboxylic acids is 1.